The highest BCUT2D eigenvalue weighted by molar-refractivity contribution is 7.87. The van der Waals surface area contributed by atoms with Gasteiger partial charge in [-0.05, 0) is 27.7 Å². The number of rotatable bonds is 9. The summed E-state index contributed by atoms with van der Waals surface area (Å²) in [4.78, 5) is 0. The molecule has 0 amide bonds. The van der Waals surface area contributed by atoms with E-state index in [2.05, 4.69) is 27.7 Å². The third-order valence-corrected chi connectivity index (χ3v) is 5.70. The Morgan fingerprint density at radius 3 is 1.16 bits per heavy atom. The van der Waals surface area contributed by atoms with Crippen molar-refractivity contribution in [3.8, 4) is 0 Å². The van der Waals surface area contributed by atoms with Gasteiger partial charge in [-0.1, -0.05) is 0 Å². The van der Waals surface area contributed by atoms with Crippen LogP contribution in [-0.4, -0.2) is 79.0 Å². The number of nitrogens with zero attached hydrogens (tertiary/aromatic N) is 1. The second-order valence-electron chi connectivity index (χ2n) is 6.27. The van der Waals surface area contributed by atoms with Crippen LogP contribution in [-0.2, 0) is 10.1 Å². The molecule has 0 aromatic rings. The Labute approximate surface area is 170 Å². The van der Waals surface area contributed by atoms with Gasteiger partial charge in [-0.3, -0.25) is 4.55 Å². The summed E-state index contributed by atoms with van der Waals surface area (Å²) >= 11 is 0. The Bertz CT molecular complexity index is 657. The fraction of sp³-hybridized carbons (Fsp3) is 1.00. The molecule has 31 heavy (non-hydrogen) atoms. The minimum Gasteiger partial charge on any atom is -0.325 e. The minimum atomic E-state index is -7.84. The first-order valence-electron chi connectivity index (χ1n) is 8.44. The smallest absolute Gasteiger partial charge is 0.325 e. The molecule has 0 spiro atoms. The van der Waals surface area contributed by atoms with E-state index in [1.807, 2.05) is 0 Å². The van der Waals surface area contributed by atoms with E-state index >= 15 is 0 Å². The van der Waals surface area contributed by atoms with Gasteiger partial charge in [0.05, 0.1) is 26.2 Å². The van der Waals surface area contributed by atoms with E-state index in [0.29, 0.717) is 0 Å². The zero-order valence-corrected chi connectivity index (χ0v) is 17.4. The van der Waals surface area contributed by atoms with Crippen molar-refractivity contribution < 1.29 is 70.1 Å². The molecule has 4 nitrogen and oxygen atoms in total. The zero-order valence-electron chi connectivity index (χ0n) is 16.6. The third-order valence-electron chi connectivity index (χ3n) is 4.79. The number of quaternary nitrogens is 1. The summed E-state index contributed by atoms with van der Waals surface area (Å²) in [6, 6.07) is 0. The van der Waals surface area contributed by atoms with E-state index in [0.717, 1.165) is 0 Å². The molecule has 0 heterocycles. The normalized spacial score (nSPS) is 15.9. The summed E-state index contributed by atoms with van der Waals surface area (Å²) in [5, 5.41) is -7.34. The van der Waals surface area contributed by atoms with Gasteiger partial charge in [0.25, 0.3) is 6.17 Å². The van der Waals surface area contributed by atoms with Crippen molar-refractivity contribution >= 4 is 10.1 Å². The Balaban J connectivity index is 0. The lowest BCUT2D eigenvalue weighted by Gasteiger charge is -2.36. The molecular weight excluding hydrogens is 490 g/mol. The zero-order chi connectivity index (χ0) is 25.9. The average Bonchev–Trinajstić information content (AvgIpc) is 2.61. The molecular formula is C14H22F12NO3S+. The number of halogens is 12. The van der Waals surface area contributed by atoms with Crippen LogP contribution in [0, 0.1) is 0 Å². The van der Waals surface area contributed by atoms with Crippen molar-refractivity contribution in [2.24, 2.45) is 0 Å². The minimum absolute atomic E-state index is 1.28. The highest BCUT2D eigenvalue weighted by atomic mass is 32.2. The summed E-state index contributed by atoms with van der Waals surface area (Å²) in [5.74, 6) is -23.1. The fourth-order valence-electron chi connectivity index (χ4n) is 2.26. The molecule has 0 aliphatic carbocycles. The van der Waals surface area contributed by atoms with Crippen molar-refractivity contribution in [2.45, 2.75) is 63.1 Å². The molecule has 1 unspecified atom stereocenters. The Morgan fingerprint density at radius 1 is 0.710 bits per heavy atom. The molecule has 0 aromatic carbocycles. The SMILES string of the molecule is CC[N+](CC)(CC)CC.O=S(=O)(O)C(F)(F)C(F)(F)C(F)(F)C(F)(F)C(F)C(F)(F)F. The molecule has 0 radical (unpaired) electrons. The largest absolute Gasteiger partial charge is 0.438 e. The Kier molecular flexibility index (Phi) is 10.3. The van der Waals surface area contributed by atoms with Crippen LogP contribution < -0.4 is 0 Å². The van der Waals surface area contributed by atoms with Crippen molar-refractivity contribution in [2.75, 3.05) is 26.2 Å². The third kappa shape index (κ3) is 6.09. The summed E-state index contributed by atoms with van der Waals surface area (Å²) < 4.78 is 177. The van der Waals surface area contributed by atoms with E-state index in [4.69, 9.17) is 4.55 Å². The Hall–Kier alpha value is -0.970. The van der Waals surface area contributed by atoms with Gasteiger partial charge in [0.2, 0.25) is 0 Å². The van der Waals surface area contributed by atoms with Gasteiger partial charge in [0.1, 0.15) is 0 Å². The fourth-order valence-corrected chi connectivity index (χ4v) is 2.71. The molecule has 0 fully saturated rings. The van der Waals surface area contributed by atoms with Crippen LogP contribution in [0.4, 0.5) is 52.7 Å². The van der Waals surface area contributed by atoms with Crippen molar-refractivity contribution in [3.63, 3.8) is 0 Å². The van der Waals surface area contributed by atoms with Gasteiger partial charge in [-0.25, -0.2) is 4.39 Å². The van der Waals surface area contributed by atoms with Gasteiger partial charge in [-0.2, -0.15) is 56.7 Å². The lowest BCUT2D eigenvalue weighted by atomic mass is 10.00. The summed E-state index contributed by atoms with van der Waals surface area (Å²) in [5.41, 5.74) is 0. The van der Waals surface area contributed by atoms with Crippen LogP contribution in [0.15, 0.2) is 0 Å². The maximum Gasteiger partial charge on any atom is 0.438 e. The van der Waals surface area contributed by atoms with Crippen LogP contribution in [0.3, 0.4) is 0 Å². The number of hydrogen-bond acceptors (Lipinski definition) is 2. The first-order valence-corrected chi connectivity index (χ1v) is 9.88. The van der Waals surface area contributed by atoms with Gasteiger partial charge in [-0.15, -0.1) is 0 Å². The van der Waals surface area contributed by atoms with Gasteiger partial charge >= 0.3 is 39.3 Å². The predicted molar refractivity (Wildman–Crippen MR) is 84.7 cm³/mol. The summed E-state index contributed by atoms with van der Waals surface area (Å²) in [6.07, 6.45) is -12.9. The lowest BCUT2D eigenvalue weighted by molar-refractivity contribution is -0.921. The maximum absolute atomic E-state index is 12.7. The van der Waals surface area contributed by atoms with E-state index < -0.39 is 45.5 Å². The molecule has 0 saturated heterocycles. The maximum atomic E-state index is 12.7. The molecule has 0 aromatic heterocycles. The quantitative estimate of drug-likeness (QED) is 0.264. The number of hydrogen-bond donors (Lipinski definition) is 1. The molecule has 0 aliphatic rings. The second kappa shape index (κ2) is 9.89. The van der Waals surface area contributed by atoms with Crippen LogP contribution in [0.25, 0.3) is 0 Å². The molecule has 0 aliphatic heterocycles. The first-order chi connectivity index (χ1) is 13.4. The first kappa shape index (κ1) is 32.2. The van der Waals surface area contributed by atoms with Gasteiger partial charge in [0, 0.05) is 0 Å². The summed E-state index contributed by atoms with van der Waals surface area (Å²) in [6.45, 7) is 14.2. The van der Waals surface area contributed by atoms with Gasteiger partial charge in [0.15, 0.2) is 0 Å². The Morgan fingerprint density at radius 2 is 1.00 bits per heavy atom. The van der Waals surface area contributed by atoms with Crippen LogP contribution in [0.1, 0.15) is 27.7 Å². The average molecular weight is 512 g/mol. The van der Waals surface area contributed by atoms with Gasteiger partial charge < -0.3 is 4.48 Å². The highest BCUT2D eigenvalue weighted by Crippen LogP contribution is 2.56. The van der Waals surface area contributed by atoms with E-state index in [1.165, 1.54) is 30.7 Å². The second-order valence-corrected chi connectivity index (χ2v) is 7.74. The topological polar surface area (TPSA) is 54.4 Å². The van der Waals surface area contributed by atoms with E-state index in [9.17, 15) is 61.1 Å². The molecule has 1 N–H and O–H groups in total. The molecule has 1 atom stereocenters. The van der Waals surface area contributed by atoms with Crippen LogP contribution in [0.5, 0.6) is 0 Å². The van der Waals surface area contributed by atoms with E-state index in [-0.39, 0.29) is 0 Å². The lowest BCUT2D eigenvalue weighted by Crippen LogP contribution is -2.68. The molecule has 0 saturated carbocycles. The summed E-state index contributed by atoms with van der Waals surface area (Å²) in [7, 11) is -7.47. The standard InChI is InChI=1S/C8H20N.C6H2F12O3S/c1-5-9(6-2,7-3)8-4;7-1(3(10,11)12)2(8,9)4(13,14)5(15,16)6(17,18)22(19,20)21/h5-8H2,1-4H3;1H,(H,19,20,21)/q+1;. The van der Waals surface area contributed by atoms with Crippen LogP contribution in [0.2, 0.25) is 0 Å². The molecule has 190 valence electrons. The van der Waals surface area contributed by atoms with Crippen molar-refractivity contribution in [1.29, 1.82) is 0 Å². The number of alkyl halides is 12. The molecule has 17 heteroatoms. The van der Waals surface area contributed by atoms with Crippen molar-refractivity contribution in [3.05, 3.63) is 0 Å². The van der Waals surface area contributed by atoms with Crippen LogP contribution >= 0.6 is 0 Å². The molecule has 0 rings (SSSR count). The van der Waals surface area contributed by atoms with Crippen molar-refractivity contribution in [1.82, 2.24) is 0 Å². The molecule has 0 bridgehead atoms. The predicted octanol–water partition coefficient (Wildman–Crippen LogP) is 5.16. The highest BCUT2D eigenvalue weighted by Gasteiger charge is 2.87. The van der Waals surface area contributed by atoms with E-state index in [1.54, 1.807) is 0 Å². The monoisotopic (exact) mass is 512 g/mol.